The summed E-state index contributed by atoms with van der Waals surface area (Å²) in [6.07, 6.45) is 3.23. The molecule has 0 unspecified atom stereocenters. The predicted octanol–water partition coefficient (Wildman–Crippen LogP) is 4.89. The Bertz CT molecular complexity index is 975. The number of allylic oxidation sites excluding steroid dienone is 4. The van der Waals surface area contributed by atoms with Gasteiger partial charge in [-0.25, -0.2) is 0 Å². The van der Waals surface area contributed by atoms with E-state index in [1.165, 1.54) is 0 Å². The number of carboxylic acids is 1. The van der Waals surface area contributed by atoms with Crippen molar-refractivity contribution in [1.29, 1.82) is 0 Å². The van der Waals surface area contributed by atoms with E-state index in [0.29, 0.717) is 89.0 Å². The van der Waals surface area contributed by atoms with Crippen molar-refractivity contribution in [3.05, 3.63) is 50.3 Å². The molecule has 1 aromatic carbocycles. The van der Waals surface area contributed by atoms with Crippen molar-refractivity contribution in [3.8, 4) is 5.75 Å². The molecule has 0 saturated carbocycles. The fourth-order valence-electron chi connectivity index (χ4n) is 4.90. The summed E-state index contributed by atoms with van der Waals surface area (Å²) in [5.74, 6) is -1.35. The van der Waals surface area contributed by atoms with Crippen LogP contribution in [0, 0.1) is 0 Å². The standard InChI is InChI=1S/C23H23Cl2NO5/c1-2-31-23-13(24)9-12(10-14(23)25)20-21-15(5-3-7-17(21)27)26(11-19(29)30)16-6-4-8-18(28)22(16)20/h9-10,20H,2-8,11H2,1H3,(H,29,30). The van der Waals surface area contributed by atoms with E-state index in [-0.39, 0.29) is 18.1 Å². The predicted molar refractivity (Wildman–Crippen MR) is 116 cm³/mol. The number of ether oxygens (including phenoxy) is 1. The number of Topliss-reactive ketones (excluding diaryl/α,β-unsaturated/α-hetero) is 2. The van der Waals surface area contributed by atoms with Gasteiger partial charge < -0.3 is 14.7 Å². The molecule has 4 rings (SSSR count). The second-order valence-corrected chi connectivity index (χ2v) is 8.75. The summed E-state index contributed by atoms with van der Waals surface area (Å²) in [5.41, 5.74) is 3.06. The second kappa shape index (κ2) is 8.67. The van der Waals surface area contributed by atoms with Crippen LogP contribution in [-0.4, -0.2) is 40.7 Å². The van der Waals surface area contributed by atoms with Crippen LogP contribution in [0.2, 0.25) is 10.0 Å². The molecule has 1 aromatic rings. The Hall–Kier alpha value is -2.31. The SMILES string of the molecule is CCOc1c(Cl)cc(C2C3=C(CCCC3=O)N(CC(=O)O)C3=C2C(=O)CCC3)cc1Cl. The van der Waals surface area contributed by atoms with Crippen LogP contribution in [0.15, 0.2) is 34.7 Å². The topological polar surface area (TPSA) is 83.9 Å². The number of hydrogen-bond acceptors (Lipinski definition) is 5. The summed E-state index contributed by atoms with van der Waals surface area (Å²) in [4.78, 5) is 39.5. The van der Waals surface area contributed by atoms with E-state index in [1.54, 1.807) is 17.0 Å². The van der Waals surface area contributed by atoms with Crippen molar-refractivity contribution in [3.63, 3.8) is 0 Å². The highest BCUT2D eigenvalue weighted by Crippen LogP contribution is 2.50. The largest absolute Gasteiger partial charge is 0.491 e. The first-order valence-electron chi connectivity index (χ1n) is 10.5. The van der Waals surface area contributed by atoms with Gasteiger partial charge in [-0.15, -0.1) is 0 Å². The van der Waals surface area contributed by atoms with E-state index >= 15 is 0 Å². The van der Waals surface area contributed by atoms with Gasteiger partial charge in [-0.2, -0.15) is 0 Å². The van der Waals surface area contributed by atoms with Gasteiger partial charge in [-0.3, -0.25) is 14.4 Å². The Kier molecular flexibility index (Phi) is 6.13. The van der Waals surface area contributed by atoms with E-state index in [1.807, 2.05) is 6.92 Å². The Morgan fingerprint density at radius 1 is 1.03 bits per heavy atom. The van der Waals surface area contributed by atoms with Gasteiger partial charge in [0.2, 0.25) is 0 Å². The first kappa shape index (κ1) is 21.9. The van der Waals surface area contributed by atoms with E-state index in [4.69, 9.17) is 27.9 Å². The highest BCUT2D eigenvalue weighted by molar-refractivity contribution is 6.37. The maximum atomic E-state index is 13.1. The number of rotatable bonds is 5. The van der Waals surface area contributed by atoms with Crippen molar-refractivity contribution < 1.29 is 24.2 Å². The lowest BCUT2D eigenvalue weighted by Crippen LogP contribution is -2.41. The third kappa shape index (κ3) is 3.87. The number of halogens is 2. The summed E-state index contributed by atoms with van der Waals surface area (Å²) in [7, 11) is 0. The molecule has 6 nitrogen and oxygen atoms in total. The number of benzene rings is 1. The van der Waals surface area contributed by atoms with Crippen LogP contribution in [0.3, 0.4) is 0 Å². The van der Waals surface area contributed by atoms with Gasteiger partial charge in [0.05, 0.1) is 16.7 Å². The molecule has 0 aromatic heterocycles. The number of hydrogen-bond donors (Lipinski definition) is 1. The summed E-state index contributed by atoms with van der Waals surface area (Å²) < 4.78 is 5.53. The Balaban J connectivity index is 1.95. The zero-order valence-corrected chi connectivity index (χ0v) is 18.7. The zero-order chi connectivity index (χ0) is 22.3. The highest BCUT2D eigenvalue weighted by atomic mass is 35.5. The van der Waals surface area contributed by atoms with Gasteiger partial charge in [0.15, 0.2) is 17.3 Å². The second-order valence-electron chi connectivity index (χ2n) is 7.93. The Labute approximate surface area is 190 Å². The lowest BCUT2D eigenvalue weighted by Gasteiger charge is -2.43. The Morgan fingerprint density at radius 2 is 1.55 bits per heavy atom. The van der Waals surface area contributed by atoms with Crippen molar-refractivity contribution in [2.75, 3.05) is 13.2 Å². The van der Waals surface area contributed by atoms with Crippen LogP contribution in [-0.2, 0) is 14.4 Å². The van der Waals surface area contributed by atoms with Crippen LogP contribution in [0.1, 0.15) is 56.9 Å². The number of carbonyl (C=O) groups is 3. The minimum Gasteiger partial charge on any atom is -0.491 e. The van der Waals surface area contributed by atoms with E-state index in [0.717, 1.165) is 0 Å². The third-order valence-corrected chi connectivity index (χ3v) is 6.58. The first-order valence-corrected chi connectivity index (χ1v) is 11.2. The van der Waals surface area contributed by atoms with Crippen molar-refractivity contribution in [2.45, 2.75) is 51.4 Å². The van der Waals surface area contributed by atoms with Gasteiger partial charge >= 0.3 is 5.97 Å². The molecule has 164 valence electrons. The summed E-state index contributed by atoms with van der Waals surface area (Å²) in [5, 5.41) is 10.1. The third-order valence-electron chi connectivity index (χ3n) is 6.02. The molecule has 1 N–H and O–H groups in total. The monoisotopic (exact) mass is 463 g/mol. The molecule has 2 aliphatic carbocycles. The summed E-state index contributed by atoms with van der Waals surface area (Å²) in [6, 6.07) is 3.41. The molecule has 0 atom stereocenters. The molecule has 0 fully saturated rings. The van der Waals surface area contributed by atoms with Gasteiger partial charge in [0.1, 0.15) is 6.54 Å². The van der Waals surface area contributed by atoms with Crippen molar-refractivity contribution >= 4 is 40.7 Å². The quantitative estimate of drug-likeness (QED) is 0.668. The van der Waals surface area contributed by atoms with Crippen molar-refractivity contribution in [1.82, 2.24) is 4.90 Å². The minimum absolute atomic E-state index is 0.0623. The van der Waals surface area contributed by atoms with Crippen LogP contribution in [0.5, 0.6) is 5.75 Å². The molecule has 0 amide bonds. The molecule has 0 saturated heterocycles. The minimum atomic E-state index is -1.000. The first-order chi connectivity index (χ1) is 14.8. The van der Waals surface area contributed by atoms with Gasteiger partial charge in [0.25, 0.3) is 0 Å². The lowest BCUT2D eigenvalue weighted by atomic mass is 9.71. The fraction of sp³-hybridized carbons (Fsp3) is 0.435. The number of carboxylic acid groups (broad SMARTS) is 1. The van der Waals surface area contributed by atoms with E-state index in [9.17, 15) is 19.5 Å². The van der Waals surface area contributed by atoms with Crippen LogP contribution < -0.4 is 4.74 Å². The molecule has 0 bridgehead atoms. The van der Waals surface area contributed by atoms with Crippen LogP contribution in [0.4, 0.5) is 0 Å². The normalized spacial score (nSPS) is 19.5. The molecule has 3 aliphatic rings. The fourth-order valence-corrected chi connectivity index (χ4v) is 5.52. The lowest BCUT2D eigenvalue weighted by molar-refractivity contribution is -0.138. The molecular formula is C23H23Cl2NO5. The average Bonchev–Trinajstić information content (AvgIpc) is 2.71. The van der Waals surface area contributed by atoms with E-state index in [2.05, 4.69) is 0 Å². The van der Waals surface area contributed by atoms with Gasteiger partial charge in [-0.05, 0) is 50.3 Å². The van der Waals surface area contributed by atoms with Crippen molar-refractivity contribution in [2.24, 2.45) is 0 Å². The van der Waals surface area contributed by atoms with E-state index < -0.39 is 11.9 Å². The molecular weight excluding hydrogens is 441 g/mol. The van der Waals surface area contributed by atoms with Gasteiger partial charge in [0, 0.05) is 41.3 Å². The maximum Gasteiger partial charge on any atom is 0.323 e. The van der Waals surface area contributed by atoms with Crippen LogP contribution >= 0.6 is 23.2 Å². The average molecular weight is 464 g/mol. The van der Waals surface area contributed by atoms with Gasteiger partial charge in [-0.1, -0.05) is 23.2 Å². The number of aliphatic carboxylic acids is 1. The number of ketones is 2. The maximum absolute atomic E-state index is 13.1. The summed E-state index contributed by atoms with van der Waals surface area (Å²) >= 11 is 12.9. The molecule has 0 radical (unpaired) electrons. The number of carbonyl (C=O) groups excluding carboxylic acids is 2. The molecule has 1 heterocycles. The summed E-state index contributed by atoms with van der Waals surface area (Å²) in [6.45, 7) is 1.96. The molecule has 1 aliphatic heterocycles. The molecule has 31 heavy (non-hydrogen) atoms. The zero-order valence-electron chi connectivity index (χ0n) is 17.2. The molecule has 8 heteroatoms. The number of nitrogens with zero attached hydrogens (tertiary/aromatic N) is 1. The molecule has 0 spiro atoms. The smallest absolute Gasteiger partial charge is 0.323 e. The Morgan fingerprint density at radius 3 is 2.00 bits per heavy atom. The highest BCUT2D eigenvalue weighted by Gasteiger charge is 2.43. The van der Waals surface area contributed by atoms with Crippen LogP contribution in [0.25, 0.3) is 0 Å².